The van der Waals surface area contributed by atoms with Crippen LogP contribution in [0.4, 0.5) is 0 Å². The van der Waals surface area contributed by atoms with Crippen LogP contribution in [0.2, 0.25) is 5.02 Å². The van der Waals surface area contributed by atoms with Crippen molar-refractivity contribution in [2.45, 2.75) is 56.7 Å². The van der Waals surface area contributed by atoms with Gasteiger partial charge in [0.1, 0.15) is 0 Å². The van der Waals surface area contributed by atoms with Crippen molar-refractivity contribution in [1.29, 1.82) is 0 Å². The first-order valence-corrected chi connectivity index (χ1v) is 10.8. The summed E-state index contributed by atoms with van der Waals surface area (Å²) < 4.78 is 0. The van der Waals surface area contributed by atoms with E-state index in [0.717, 1.165) is 55.2 Å². The van der Waals surface area contributed by atoms with Crippen LogP contribution in [0.5, 0.6) is 0 Å². The Bertz CT molecular complexity index is 924. The van der Waals surface area contributed by atoms with Crippen LogP contribution in [0.1, 0.15) is 56.1 Å². The van der Waals surface area contributed by atoms with Crippen molar-refractivity contribution in [1.82, 2.24) is 0 Å². The minimum absolute atomic E-state index is 0.0788. The molecule has 0 aromatic heterocycles. The number of Topliss-reactive ketones (excluding diaryl/α,β-unsaturated/α-hetero) is 2. The van der Waals surface area contributed by atoms with Gasteiger partial charge in [0.05, 0.1) is 0 Å². The number of alkyl halides is 1. The standard InChI is InChI=1S/C24H24Cl2O2/c1-16-6-7-18(17-8-10-19(25)11-9-17)14-20(16)24(26)21(27)15-23(22(24)28)12-4-2-3-5-13-23/h6-11,14H,2-5,12-13,15H2,1H3. The van der Waals surface area contributed by atoms with Crippen molar-refractivity contribution in [3.05, 3.63) is 58.6 Å². The number of hydrogen-bond donors (Lipinski definition) is 0. The van der Waals surface area contributed by atoms with Gasteiger partial charge >= 0.3 is 0 Å². The predicted octanol–water partition coefficient (Wildman–Crippen LogP) is 6.63. The van der Waals surface area contributed by atoms with Gasteiger partial charge in [0.2, 0.25) is 0 Å². The summed E-state index contributed by atoms with van der Waals surface area (Å²) in [6, 6.07) is 13.4. The number of benzene rings is 2. The van der Waals surface area contributed by atoms with Crippen LogP contribution in [-0.2, 0) is 14.5 Å². The molecule has 1 unspecified atom stereocenters. The van der Waals surface area contributed by atoms with E-state index in [2.05, 4.69) is 0 Å². The van der Waals surface area contributed by atoms with Crippen LogP contribution in [-0.4, -0.2) is 11.6 Å². The van der Waals surface area contributed by atoms with E-state index in [0.29, 0.717) is 10.6 Å². The summed E-state index contributed by atoms with van der Waals surface area (Å²) in [5.41, 5.74) is 2.85. The van der Waals surface area contributed by atoms with E-state index in [1.807, 2.05) is 49.4 Å². The Morgan fingerprint density at radius 2 is 1.46 bits per heavy atom. The summed E-state index contributed by atoms with van der Waals surface area (Å²) in [5, 5.41) is 0.668. The largest absolute Gasteiger partial charge is 0.297 e. The maximum atomic E-state index is 13.6. The summed E-state index contributed by atoms with van der Waals surface area (Å²) >= 11 is 12.9. The molecule has 0 saturated heterocycles. The van der Waals surface area contributed by atoms with Gasteiger partial charge < -0.3 is 0 Å². The molecule has 2 aromatic carbocycles. The molecule has 4 heteroatoms. The zero-order valence-electron chi connectivity index (χ0n) is 16.1. The van der Waals surface area contributed by atoms with Crippen LogP contribution >= 0.6 is 23.2 Å². The lowest BCUT2D eigenvalue weighted by atomic mass is 9.76. The van der Waals surface area contributed by atoms with Gasteiger partial charge in [-0.05, 0) is 60.2 Å². The molecule has 0 radical (unpaired) electrons. The molecule has 2 aromatic rings. The second-order valence-corrected chi connectivity index (χ2v) is 9.32. The van der Waals surface area contributed by atoms with Crippen molar-refractivity contribution < 1.29 is 9.59 Å². The monoisotopic (exact) mass is 414 g/mol. The first kappa shape index (κ1) is 19.7. The molecular weight excluding hydrogens is 391 g/mol. The minimum Gasteiger partial charge on any atom is -0.297 e. The highest BCUT2D eigenvalue weighted by molar-refractivity contribution is 6.49. The lowest BCUT2D eigenvalue weighted by Crippen LogP contribution is -2.37. The molecule has 4 rings (SSSR count). The molecule has 28 heavy (non-hydrogen) atoms. The maximum Gasteiger partial charge on any atom is 0.186 e. The first-order chi connectivity index (χ1) is 13.4. The van der Waals surface area contributed by atoms with Gasteiger partial charge in [-0.2, -0.15) is 0 Å². The topological polar surface area (TPSA) is 34.1 Å². The van der Waals surface area contributed by atoms with Crippen LogP contribution in [0.25, 0.3) is 11.1 Å². The van der Waals surface area contributed by atoms with E-state index >= 15 is 0 Å². The summed E-state index contributed by atoms with van der Waals surface area (Å²) in [6.07, 6.45) is 6.09. The molecule has 1 spiro atoms. The summed E-state index contributed by atoms with van der Waals surface area (Å²) in [5.74, 6) is -0.220. The summed E-state index contributed by atoms with van der Waals surface area (Å²) in [6.45, 7) is 1.92. The predicted molar refractivity (Wildman–Crippen MR) is 114 cm³/mol. The Balaban J connectivity index is 1.79. The van der Waals surface area contributed by atoms with E-state index in [1.165, 1.54) is 0 Å². The fourth-order valence-corrected chi connectivity index (χ4v) is 5.50. The average Bonchev–Trinajstić information content (AvgIpc) is 2.86. The van der Waals surface area contributed by atoms with Gasteiger partial charge in [-0.25, -0.2) is 0 Å². The molecule has 0 heterocycles. The van der Waals surface area contributed by atoms with E-state index in [4.69, 9.17) is 23.2 Å². The Kier molecular flexibility index (Phi) is 5.14. The zero-order chi connectivity index (χ0) is 19.9. The van der Waals surface area contributed by atoms with Crippen molar-refractivity contribution >= 4 is 34.8 Å². The molecule has 146 valence electrons. The third-order valence-corrected chi connectivity index (χ3v) is 7.36. The molecule has 2 nitrogen and oxygen atoms in total. The maximum absolute atomic E-state index is 13.6. The number of ketones is 2. The van der Waals surface area contributed by atoms with E-state index in [9.17, 15) is 9.59 Å². The number of halogens is 2. The molecule has 2 saturated carbocycles. The molecule has 2 aliphatic carbocycles. The fourth-order valence-electron chi connectivity index (χ4n) is 4.90. The molecule has 2 aliphatic rings. The lowest BCUT2D eigenvalue weighted by Gasteiger charge is -2.28. The molecule has 0 bridgehead atoms. The van der Waals surface area contributed by atoms with Gasteiger partial charge in [0.25, 0.3) is 0 Å². The third kappa shape index (κ3) is 3.11. The molecule has 2 fully saturated rings. The van der Waals surface area contributed by atoms with Crippen LogP contribution in [0.15, 0.2) is 42.5 Å². The summed E-state index contributed by atoms with van der Waals surface area (Å²) in [7, 11) is 0. The highest BCUT2D eigenvalue weighted by Gasteiger charge is 2.62. The Hall–Kier alpha value is -1.64. The molecule has 0 aliphatic heterocycles. The summed E-state index contributed by atoms with van der Waals surface area (Å²) in [4.78, 5) is 25.3. The molecule has 0 N–H and O–H groups in total. The Labute approximate surface area is 176 Å². The quantitative estimate of drug-likeness (QED) is 0.407. The fraction of sp³-hybridized carbons (Fsp3) is 0.417. The van der Waals surface area contributed by atoms with Gasteiger partial charge in [0, 0.05) is 16.9 Å². The second kappa shape index (κ2) is 7.31. The smallest absolute Gasteiger partial charge is 0.186 e. The molecule has 1 atom stereocenters. The minimum atomic E-state index is -1.56. The average molecular weight is 415 g/mol. The van der Waals surface area contributed by atoms with E-state index in [1.54, 1.807) is 0 Å². The van der Waals surface area contributed by atoms with Gasteiger partial charge in [-0.15, -0.1) is 0 Å². The Morgan fingerprint density at radius 1 is 0.857 bits per heavy atom. The number of carbonyl (C=O) groups is 2. The van der Waals surface area contributed by atoms with Crippen LogP contribution in [0.3, 0.4) is 0 Å². The SMILES string of the molecule is Cc1ccc(-c2ccc(Cl)cc2)cc1C1(Cl)C(=O)CC2(CCCCCC2)C1=O. The normalized spacial score (nSPS) is 24.5. The van der Waals surface area contributed by atoms with Crippen molar-refractivity contribution in [3.63, 3.8) is 0 Å². The highest BCUT2D eigenvalue weighted by atomic mass is 35.5. The zero-order valence-corrected chi connectivity index (χ0v) is 17.6. The second-order valence-electron chi connectivity index (χ2n) is 8.32. The van der Waals surface area contributed by atoms with Crippen molar-refractivity contribution in [2.75, 3.05) is 0 Å². The van der Waals surface area contributed by atoms with Crippen molar-refractivity contribution in [3.8, 4) is 11.1 Å². The molecular formula is C24H24Cl2O2. The van der Waals surface area contributed by atoms with Gasteiger partial charge in [-0.1, -0.05) is 73.2 Å². The number of carbonyl (C=O) groups excluding carboxylic acids is 2. The van der Waals surface area contributed by atoms with E-state index < -0.39 is 10.3 Å². The van der Waals surface area contributed by atoms with Gasteiger partial charge in [-0.3, -0.25) is 9.59 Å². The molecule has 0 amide bonds. The number of aryl methyl sites for hydroxylation is 1. The highest BCUT2D eigenvalue weighted by Crippen LogP contribution is 2.54. The van der Waals surface area contributed by atoms with Crippen LogP contribution < -0.4 is 0 Å². The van der Waals surface area contributed by atoms with E-state index in [-0.39, 0.29) is 18.0 Å². The first-order valence-electron chi connectivity index (χ1n) is 10.0. The Morgan fingerprint density at radius 3 is 2.11 bits per heavy atom. The van der Waals surface area contributed by atoms with Crippen molar-refractivity contribution in [2.24, 2.45) is 5.41 Å². The lowest BCUT2D eigenvalue weighted by molar-refractivity contribution is -0.129. The van der Waals surface area contributed by atoms with Gasteiger partial charge in [0.15, 0.2) is 16.4 Å². The van der Waals surface area contributed by atoms with Crippen LogP contribution in [0, 0.1) is 12.3 Å². The third-order valence-electron chi connectivity index (χ3n) is 6.52. The number of hydrogen-bond acceptors (Lipinski definition) is 2. The number of rotatable bonds is 2.